The van der Waals surface area contributed by atoms with Crippen molar-refractivity contribution in [3.63, 3.8) is 0 Å². The zero-order chi connectivity index (χ0) is 12.3. The first kappa shape index (κ1) is 12.4. The quantitative estimate of drug-likeness (QED) is 0.866. The SMILES string of the molecule is CC(C)(C)c1ccccc1OC[C@H]1CCNC1. The molecule has 0 aliphatic carbocycles. The van der Waals surface area contributed by atoms with Crippen LogP contribution in [-0.4, -0.2) is 19.7 Å². The van der Waals surface area contributed by atoms with Crippen molar-refractivity contribution in [2.24, 2.45) is 5.92 Å². The number of rotatable bonds is 3. The Hall–Kier alpha value is -1.02. The molecule has 1 aromatic carbocycles. The Morgan fingerprint density at radius 2 is 2.06 bits per heavy atom. The molecule has 2 nitrogen and oxygen atoms in total. The van der Waals surface area contributed by atoms with E-state index in [9.17, 15) is 0 Å². The molecule has 94 valence electrons. The van der Waals surface area contributed by atoms with Gasteiger partial charge in [-0.3, -0.25) is 0 Å². The molecule has 17 heavy (non-hydrogen) atoms. The summed E-state index contributed by atoms with van der Waals surface area (Å²) in [6.45, 7) is 9.75. The second-order valence-corrected chi connectivity index (χ2v) is 5.92. The lowest BCUT2D eigenvalue weighted by molar-refractivity contribution is 0.254. The van der Waals surface area contributed by atoms with E-state index in [0.717, 1.165) is 25.4 Å². The number of para-hydroxylation sites is 1. The molecule has 1 atom stereocenters. The highest BCUT2D eigenvalue weighted by Gasteiger charge is 2.20. The van der Waals surface area contributed by atoms with E-state index in [1.165, 1.54) is 12.0 Å². The van der Waals surface area contributed by atoms with E-state index in [4.69, 9.17) is 4.74 Å². The zero-order valence-electron chi connectivity index (χ0n) is 11.1. The van der Waals surface area contributed by atoms with Gasteiger partial charge in [0, 0.05) is 12.5 Å². The molecule has 1 heterocycles. The van der Waals surface area contributed by atoms with E-state index in [1.807, 2.05) is 0 Å². The maximum Gasteiger partial charge on any atom is 0.123 e. The molecule has 1 aliphatic rings. The van der Waals surface area contributed by atoms with Gasteiger partial charge in [-0.25, -0.2) is 0 Å². The van der Waals surface area contributed by atoms with E-state index in [-0.39, 0.29) is 5.41 Å². The van der Waals surface area contributed by atoms with Crippen LogP contribution in [0.5, 0.6) is 5.75 Å². The maximum absolute atomic E-state index is 6.01. The molecule has 0 amide bonds. The van der Waals surface area contributed by atoms with E-state index in [2.05, 4.69) is 50.4 Å². The lowest BCUT2D eigenvalue weighted by Gasteiger charge is -2.23. The fourth-order valence-electron chi connectivity index (χ4n) is 2.28. The summed E-state index contributed by atoms with van der Waals surface area (Å²) in [7, 11) is 0. The average Bonchev–Trinajstić information content (AvgIpc) is 2.78. The fraction of sp³-hybridized carbons (Fsp3) is 0.600. The predicted molar refractivity (Wildman–Crippen MR) is 71.6 cm³/mol. The summed E-state index contributed by atoms with van der Waals surface area (Å²) in [5.74, 6) is 1.72. The van der Waals surface area contributed by atoms with Crippen LogP contribution in [0.3, 0.4) is 0 Å². The Morgan fingerprint density at radius 3 is 2.71 bits per heavy atom. The van der Waals surface area contributed by atoms with Gasteiger partial charge in [-0.2, -0.15) is 0 Å². The van der Waals surface area contributed by atoms with Gasteiger partial charge in [-0.15, -0.1) is 0 Å². The van der Waals surface area contributed by atoms with Crippen LogP contribution in [0.25, 0.3) is 0 Å². The van der Waals surface area contributed by atoms with Crippen LogP contribution in [0.4, 0.5) is 0 Å². The van der Waals surface area contributed by atoms with Crippen LogP contribution >= 0.6 is 0 Å². The summed E-state index contributed by atoms with van der Waals surface area (Å²) in [6.07, 6.45) is 1.23. The van der Waals surface area contributed by atoms with Crippen molar-refractivity contribution in [1.29, 1.82) is 0 Å². The molecule has 1 N–H and O–H groups in total. The van der Waals surface area contributed by atoms with Crippen LogP contribution in [0.1, 0.15) is 32.8 Å². The van der Waals surface area contributed by atoms with Crippen molar-refractivity contribution in [1.82, 2.24) is 5.32 Å². The van der Waals surface area contributed by atoms with Gasteiger partial charge in [0.15, 0.2) is 0 Å². The van der Waals surface area contributed by atoms with Gasteiger partial charge in [0.25, 0.3) is 0 Å². The highest BCUT2D eigenvalue weighted by atomic mass is 16.5. The van der Waals surface area contributed by atoms with Gasteiger partial charge < -0.3 is 10.1 Å². The molecule has 0 spiro atoms. The minimum absolute atomic E-state index is 0.143. The summed E-state index contributed by atoms with van der Waals surface area (Å²) in [5, 5.41) is 3.37. The summed E-state index contributed by atoms with van der Waals surface area (Å²) >= 11 is 0. The first-order valence-electron chi connectivity index (χ1n) is 6.50. The Labute approximate surface area is 104 Å². The lowest BCUT2D eigenvalue weighted by atomic mass is 9.86. The minimum atomic E-state index is 0.143. The molecule has 0 saturated carbocycles. The van der Waals surface area contributed by atoms with E-state index in [1.54, 1.807) is 0 Å². The maximum atomic E-state index is 6.01. The molecular formula is C15H23NO. The van der Waals surface area contributed by atoms with Gasteiger partial charge >= 0.3 is 0 Å². The fourth-order valence-corrected chi connectivity index (χ4v) is 2.28. The third-order valence-electron chi connectivity index (χ3n) is 3.33. The third-order valence-corrected chi connectivity index (χ3v) is 3.33. The smallest absolute Gasteiger partial charge is 0.123 e. The molecule has 2 heteroatoms. The van der Waals surface area contributed by atoms with E-state index in [0.29, 0.717) is 5.92 Å². The van der Waals surface area contributed by atoms with E-state index >= 15 is 0 Å². The molecular weight excluding hydrogens is 210 g/mol. The summed E-state index contributed by atoms with van der Waals surface area (Å²) in [4.78, 5) is 0. The Bertz CT molecular complexity index is 361. The lowest BCUT2D eigenvalue weighted by Crippen LogP contribution is -2.18. The molecule has 0 unspecified atom stereocenters. The van der Waals surface area contributed by atoms with Crippen LogP contribution < -0.4 is 10.1 Å². The Balaban J connectivity index is 2.04. The number of nitrogens with one attached hydrogen (secondary N) is 1. The third kappa shape index (κ3) is 3.22. The van der Waals surface area contributed by atoms with Gasteiger partial charge in [-0.05, 0) is 30.0 Å². The van der Waals surface area contributed by atoms with Gasteiger partial charge in [0.05, 0.1) is 6.61 Å². The first-order chi connectivity index (χ1) is 8.07. The van der Waals surface area contributed by atoms with Crippen molar-refractivity contribution < 1.29 is 4.74 Å². The molecule has 0 bridgehead atoms. The largest absolute Gasteiger partial charge is 0.493 e. The first-order valence-corrected chi connectivity index (χ1v) is 6.50. The highest BCUT2D eigenvalue weighted by Crippen LogP contribution is 2.31. The predicted octanol–water partition coefficient (Wildman–Crippen LogP) is 2.97. The number of hydrogen-bond donors (Lipinski definition) is 1. The molecule has 0 aromatic heterocycles. The van der Waals surface area contributed by atoms with Crippen LogP contribution in [0.15, 0.2) is 24.3 Å². The number of benzene rings is 1. The van der Waals surface area contributed by atoms with Gasteiger partial charge in [0.2, 0.25) is 0 Å². The molecule has 2 rings (SSSR count). The molecule has 1 fully saturated rings. The summed E-state index contributed by atoms with van der Waals surface area (Å²) in [5.41, 5.74) is 1.44. The monoisotopic (exact) mass is 233 g/mol. The summed E-state index contributed by atoms with van der Waals surface area (Å²) < 4.78 is 6.01. The van der Waals surface area contributed by atoms with Crippen molar-refractivity contribution >= 4 is 0 Å². The van der Waals surface area contributed by atoms with Crippen molar-refractivity contribution in [3.8, 4) is 5.75 Å². The molecule has 1 aromatic rings. The zero-order valence-corrected chi connectivity index (χ0v) is 11.1. The number of hydrogen-bond acceptors (Lipinski definition) is 2. The molecule has 1 saturated heterocycles. The van der Waals surface area contributed by atoms with Crippen LogP contribution in [-0.2, 0) is 5.41 Å². The standard InChI is InChI=1S/C15H23NO/c1-15(2,3)13-6-4-5-7-14(13)17-11-12-8-9-16-10-12/h4-7,12,16H,8-11H2,1-3H3/t12-/m0/s1. The van der Waals surface area contributed by atoms with Crippen LogP contribution in [0, 0.1) is 5.92 Å². The highest BCUT2D eigenvalue weighted by molar-refractivity contribution is 5.38. The van der Waals surface area contributed by atoms with E-state index < -0.39 is 0 Å². The van der Waals surface area contributed by atoms with Gasteiger partial charge in [0.1, 0.15) is 5.75 Å². The average molecular weight is 233 g/mol. The summed E-state index contributed by atoms with van der Waals surface area (Å²) in [6, 6.07) is 8.40. The van der Waals surface area contributed by atoms with Crippen LogP contribution in [0.2, 0.25) is 0 Å². The molecule has 1 aliphatic heterocycles. The number of ether oxygens (including phenoxy) is 1. The Kier molecular flexibility index (Phi) is 3.72. The normalized spacial score (nSPS) is 20.5. The second kappa shape index (κ2) is 5.09. The minimum Gasteiger partial charge on any atom is -0.493 e. The van der Waals surface area contributed by atoms with Crippen molar-refractivity contribution in [2.75, 3.05) is 19.7 Å². The molecule has 0 radical (unpaired) electrons. The second-order valence-electron chi connectivity index (χ2n) is 5.92. The Morgan fingerprint density at radius 1 is 1.29 bits per heavy atom. The van der Waals surface area contributed by atoms with Gasteiger partial charge in [-0.1, -0.05) is 39.0 Å². The van der Waals surface area contributed by atoms with Crippen molar-refractivity contribution in [3.05, 3.63) is 29.8 Å². The topological polar surface area (TPSA) is 21.3 Å². The van der Waals surface area contributed by atoms with Crippen molar-refractivity contribution in [2.45, 2.75) is 32.6 Å².